The molecule has 29 heavy (non-hydrogen) atoms. The van der Waals surface area contributed by atoms with E-state index in [4.69, 9.17) is 9.72 Å². The van der Waals surface area contributed by atoms with Gasteiger partial charge in [0.15, 0.2) is 0 Å². The lowest BCUT2D eigenvalue weighted by Crippen LogP contribution is -2.33. The number of fused-ring (bicyclic) bond motifs is 4. The first-order valence-electron chi connectivity index (χ1n) is 10.3. The molecule has 0 unspecified atom stereocenters. The van der Waals surface area contributed by atoms with Crippen molar-refractivity contribution in [2.24, 2.45) is 0 Å². The maximum atomic E-state index is 12.1. The number of aromatic nitrogens is 2. The molecule has 0 spiro atoms. The van der Waals surface area contributed by atoms with Gasteiger partial charge in [0.05, 0.1) is 17.6 Å². The number of ether oxygens (including phenoxy) is 1. The van der Waals surface area contributed by atoms with E-state index in [2.05, 4.69) is 16.0 Å². The fourth-order valence-electron chi connectivity index (χ4n) is 4.95. The second-order valence-corrected chi connectivity index (χ2v) is 9.02. The van der Waals surface area contributed by atoms with Gasteiger partial charge in [-0.2, -0.15) is 0 Å². The van der Waals surface area contributed by atoms with Crippen LogP contribution in [0.5, 0.6) is 0 Å². The maximum absolute atomic E-state index is 12.1. The number of thiophene rings is 1. The second-order valence-electron chi connectivity index (χ2n) is 7.94. The number of hydrogen-bond donors (Lipinski definition) is 0. The Kier molecular flexibility index (Phi) is 3.97. The summed E-state index contributed by atoms with van der Waals surface area (Å²) in [5, 5.41) is 1.27. The van der Waals surface area contributed by atoms with Crippen LogP contribution in [0.25, 0.3) is 10.2 Å². The molecule has 3 aliphatic rings. The first kappa shape index (κ1) is 17.2. The fraction of sp³-hybridized carbons (Fsp3) is 0.409. The number of anilines is 2. The summed E-state index contributed by atoms with van der Waals surface area (Å²) >= 11 is 1.85. The number of rotatable bonds is 2. The molecule has 1 amide bonds. The Hall–Kier alpha value is -2.67. The number of amides is 1. The minimum absolute atomic E-state index is 0.233. The van der Waals surface area contributed by atoms with E-state index >= 15 is 0 Å². The molecule has 0 N–H and O–H groups in total. The fourth-order valence-corrected chi connectivity index (χ4v) is 6.17. The van der Waals surface area contributed by atoms with Gasteiger partial charge in [-0.15, -0.1) is 11.3 Å². The summed E-state index contributed by atoms with van der Waals surface area (Å²) < 4.78 is 5.15. The van der Waals surface area contributed by atoms with Crippen LogP contribution in [0, 0.1) is 0 Å². The van der Waals surface area contributed by atoms with Gasteiger partial charge in [-0.25, -0.2) is 14.8 Å². The van der Waals surface area contributed by atoms with Crippen LogP contribution in [-0.2, 0) is 30.5 Å². The Balaban J connectivity index is 1.39. The monoisotopic (exact) mass is 406 g/mol. The van der Waals surface area contributed by atoms with Gasteiger partial charge < -0.3 is 9.64 Å². The minimum Gasteiger partial charge on any atom is -0.447 e. The van der Waals surface area contributed by atoms with E-state index in [0.717, 1.165) is 42.3 Å². The van der Waals surface area contributed by atoms with Gasteiger partial charge in [-0.1, -0.05) is 12.1 Å². The van der Waals surface area contributed by atoms with Gasteiger partial charge >= 0.3 is 6.09 Å². The zero-order valence-electron chi connectivity index (χ0n) is 16.2. The predicted molar refractivity (Wildman–Crippen MR) is 114 cm³/mol. The highest BCUT2D eigenvalue weighted by Crippen LogP contribution is 2.41. The SMILES string of the molecule is O=C1OCCN1c1cccc2c1CCN(c1ncnc3sc4c(c13)CCCC4)C2. The third-order valence-corrected chi connectivity index (χ3v) is 7.52. The molecule has 148 valence electrons. The zero-order chi connectivity index (χ0) is 19.4. The highest BCUT2D eigenvalue weighted by molar-refractivity contribution is 7.19. The molecule has 6 rings (SSSR count). The van der Waals surface area contributed by atoms with Crippen LogP contribution in [-0.4, -0.2) is 35.8 Å². The first-order chi connectivity index (χ1) is 14.3. The molecule has 1 saturated heterocycles. The van der Waals surface area contributed by atoms with Crippen LogP contribution in [0.3, 0.4) is 0 Å². The number of nitrogens with zero attached hydrogens (tertiary/aromatic N) is 4. The third-order valence-electron chi connectivity index (χ3n) is 6.32. The van der Waals surface area contributed by atoms with Crippen molar-refractivity contribution in [3.8, 4) is 0 Å². The van der Waals surface area contributed by atoms with Crippen molar-refractivity contribution in [1.82, 2.24) is 9.97 Å². The number of carbonyl (C=O) groups is 1. The molecular weight excluding hydrogens is 384 g/mol. The van der Waals surface area contributed by atoms with Crippen molar-refractivity contribution in [2.75, 3.05) is 29.5 Å². The summed E-state index contributed by atoms with van der Waals surface area (Å²) in [5.41, 5.74) is 5.01. The van der Waals surface area contributed by atoms with Crippen molar-refractivity contribution in [3.05, 3.63) is 46.1 Å². The lowest BCUT2D eigenvalue weighted by Gasteiger charge is -2.32. The van der Waals surface area contributed by atoms with Gasteiger partial charge in [0.2, 0.25) is 0 Å². The lowest BCUT2D eigenvalue weighted by molar-refractivity contribution is 0.181. The summed E-state index contributed by atoms with van der Waals surface area (Å²) in [6.07, 6.45) is 7.23. The van der Waals surface area contributed by atoms with E-state index in [-0.39, 0.29) is 6.09 Å². The van der Waals surface area contributed by atoms with E-state index in [0.29, 0.717) is 13.2 Å². The molecule has 4 heterocycles. The molecule has 0 saturated carbocycles. The maximum Gasteiger partial charge on any atom is 0.414 e. The average Bonchev–Trinajstić information content (AvgIpc) is 3.36. The molecule has 2 aromatic heterocycles. The summed E-state index contributed by atoms with van der Waals surface area (Å²) in [7, 11) is 0. The Morgan fingerprint density at radius 2 is 1.97 bits per heavy atom. The Morgan fingerprint density at radius 3 is 2.86 bits per heavy atom. The molecule has 6 nitrogen and oxygen atoms in total. The molecular formula is C22H22N4O2S. The van der Waals surface area contributed by atoms with Crippen molar-refractivity contribution in [3.63, 3.8) is 0 Å². The highest BCUT2D eigenvalue weighted by Gasteiger charge is 2.30. The second kappa shape index (κ2) is 6.69. The van der Waals surface area contributed by atoms with Gasteiger partial charge in [0.25, 0.3) is 0 Å². The summed E-state index contributed by atoms with van der Waals surface area (Å²) in [4.78, 5) is 28.2. The van der Waals surface area contributed by atoms with E-state index < -0.39 is 0 Å². The zero-order valence-corrected chi connectivity index (χ0v) is 17.0. The van der Waals surface area contributed by atoms with Crippen LogP contribution in [0.1, 0.15) is 34.4 Å². The molecule has 1 aliphatic carbocycles. The van der Waals surface area contributed by atoms with Crippen LogP contribution in [0.4, 0.5) is 16.3 Å². The molecule has 1 aromatic carbocycles. The number of hydrogen-bond acceptors (Lipinski definition) is 6. The van der Waals surface area contributed by atoms with Crippen LogP contribution < -0.4 is 9.80 Å². The summed E-state index contributed by atoms with van der Waals surface area (Å²) in [5.74, 6) is 1.08. The average molecular weight is 407 g/mol. The molecule has 0 bridgehead atoms. The highest BCUT2D eigenvalue weighted by atomic mass is 32.1. The van der Waals surface area contributed by atoms with E-state index in [1.807, 2.05) is 23.5 Å². The normalized spacial score (nSPS) is 18.7. The summed E-state index contributed by atoms with van der Waals surface area (Å²) in [6, 6.07) is 6.26. The van der Waals surface area contributed by atoms with E-state index in [9.17, 15) is 4.79 Å². The third kappa shape index (κ3) is 2.71. The molecule has 2 aliphatic heterocycles. The number of benzene rings is 1. The Bertz CT molecular complexity index is 1130. The van der Waals surface area contributed by atoms with E-state index in [1.165, 1.54) is 46.2 Å². The van der Waals surface area contributed by atoms with Crippen LogP contribution >= 0.6 is 11.3 Å². The van der Waals surface area contributed by atoms with Crippen LogP contribution in [0.2, 0.25) is 0 Å². The number of cyclic esters (lactones) is 1. The Labute approximate surface area is 173 Å². The van der Waals surface area contributed by atoms with Crippen molar-refractivity contribution in [1.29, 1.82) is 0 Å². The smallest absolute Gasteiger partial charge is 0.414 e. The molecule has 3 aromatic rings. The molecule has 7 heteroatoms. The summed E-state index contributed by atoms with van der Waals surface area (Å²) in [6.45, 7) is 2.80. The molecule has 1 fully saturated rings. The first-order valence-corrected chi connectivity index (χ1v) is 11.2. The van der Waals surface area contributed by atoms with Crippen LogP contribution in [0.15, 0.2) is 24.5 Å². The van der Waals surface area contributed by atoms with E-state index in [1.54, 1.807) is 11.2 Å². The number of carbonyl (C=O) groups excluding carboxylic acids is 1. The molecule has 0 atom stereocenters. The van der Waals surface area contributed by atoms with Gasteiger partial charge in [-0.05, 0) is 54.9 Å². The van der Waals surface area contributed by atoms with Crippen molar-refractivity contribution < 1.29 is 9.53 Å². The topological polar surface area (TPSA) is 58.6 Å². The number of aryl methyl sites for hydroxylation is 2. The van der Waals surface area contributed by atoms with Gasteiger partial charge in [0.1, 0.15) is 23.6 Å². The van der Waals surface area contributed by atoms with Gasteiger partial charge in [0, 0.05) is 18.0 Å². The van der Waals surface area contributed by atoms with Crippen molar-refractivity contribution >= 4 is 39.2 Å². The minimum atomic E-state index is -0.233. The van der Waals surface area contributed by atoms with Gasteiger partial charge in [-0.3, -0.25) is 4.90 Å². The standard InChI is InChI=1S/C22H22N4O2S/c27-22-26(10-11-28-22)17-6-3-4-14-12-25(9-8-15(14)17)20-19-16-5-1-2-7-18(16)29-21(19)24-13-23-20/h3-4,6,13H,1-2,5,7-12H2. The van der Waals surface area contributed by atoms with Crippen molar-refractivity contribution in [2.45, 2.75) is 38.6 Å². The lowest BCUT2D eigenvalue weighted by atomic mass is 9.95. The predicted octanol–water partition coefficient (Wildman–Crippen LogP) is 4.09. The Morgan fingerprint density at radius 1 is 1.03 bits per heavy atom. The quantitative estimate of drug-likeness (QED) is 0.642. The largest absolute Gasteiger partial charge is 0.447 e. The molecule has 0 radical (unpaired) electrons.